The zero-order valence-electron chi connectivity index (χ0n) is 15.7. The molecule has 0 N–H and O–H groups in total. The maximum absolute atomic E-state index is 5.98. The molecule has 1 atom stereocenters. The lowest BCUT2D eigenvalue weighted by Crippen LogP contribution is -2.36. The molecule has 0 bridgehead atoms. The second-order valence-corrected chi connectivity index (χ2v) is 8.37. The molecule has 7 heteroatoms. The Labute approximate surface area is 154 Å². The van der Waals surface area contributed by atoms with E-state index in [1.165, 1.54) is 15.4 Å². The van der Waals surface area contributed by atoms with Gasteiger partial charge >= 0.3 is 0 Å². The predicted octanol–water partition coefficient (Wildman–Crippen LogP) is 2.35. The highest BCUT2D eigenvalue weighted by Gasteiger charge is 2.30. The summed E-state index contributed by atoms with van der Waals surface area (Å²) in [7, 11) is 4.14. The summed E-state index contributed by atoms with van der Waals surface area (Å²) >= 11 is 1.88. The molecule has 1 aliphatic heterocycles. The van der Waals surface area contributed by atoms with E-state index in [0.29, 0.717) is 5.92 Å². The Kier molecular flexibility index (Phi) is 6.22. The van der Waals surface area contributed by atoms with Gasteiger partial charge in [-0.2, -0.15) is 0 Å². The van der Waals surface area contributed by atoms with E-state index in [-0.39, 0.29) is 0 Å². The van der Waals surface area contributed by atoms with Crippen molar-refractivity contribution in [3.05, 3.63) is 33.3 Å². The van der Waals surface area contributed by atoms with Crippen LogP contribution in [0.15, 0.2) is 12.1 Å². The van der Waals surface area contributed by atoms with Crippen molar-refractivity contribution in [2.75, 3.05) is 40.4 Å². The molecular weight excluding hydrogens is 334 g/mol. The van der Waals surface area contributed by atoms with Crippen molar-refractivity contribution in [1.82, 2.24) is 24.8 Å². The van der Waals surface area contributed by atoms with E-state index in [0.717, 1.165) is 51.6 Å². The Bertz CT molecular complexity index is 681. The summed E-state index contributed by atoms with van der Waals surface area (Å²) in [6.07, 6.45) is 0. The van der Waals surface area contributed by atoms with Gasteiger partial charge in [-0.1, -0.05) is 5.21 Å². The lowest BCUT2D eigenvalue weighted by atomic mass is 9.99. The van der Waals surface area contributed by atoms with Gasteiger partial charge in [0.05, 0.1) is 18.9 Å². The number of hydrogen-bond acceptors (Lipinski definition) is 6. The number of hydrogen-bond donors (Lipinski definition) is 0. The number of rotatable bonds is 8. The fourth-order valence-corrected chi connectivity index (χ4v) is 4.27. The van der Waals surface area contributed by atoms with Crippen LogP contribution < -0.4 is 0 Å². The molecule has 0 amide bonds. The Morgan fingerprint density at radius 2 is 2.20 bits per heavy atom. The zero-order valence-corrected chi connectivity index (χ0v) is 16.6. The van der Waals surface area contributed by atoms with Gasteiger partial charge in [0, 0.05) is 48.4 Å². The average Bonchev–Trinajstić information content (AvgIpc) is 3.17. The third kappa shape index (κ3) is 4.67. The topological polar surface area (TPSA) is 46.4 Å². The summed E-state index contributed by atoms with van der Waals surface area (Å²) < 4.78 is 8.02. The molecule has 2 aromatic rings. The Hall–Kier alpha value is -1.28. The van der Waals surface area contributed by atoms with E-state index in [4.69, 9.17) is 4.74 Å². The molecular formula is C18H29N5OS. The fourth-order valence-electron chi connectivity index (χ4n) is 3.34. The SMILES string of the molecule is CCn1nnc2c1[C@@H](COCCN(C)C)CN(Cc1ccc(C)s1)C2. The van der Waals surface area contributed by atoms with Crippen LogP contribution in [-0.2, 0) is 24.4 Å². The van der Waals surface area contributed by atoms with Crippen LogP contribution in [0.3, 0.4) is 0 Å². The quantitative estimate of drug-likeness (QED) is 0.674. The average molecular weight is 364 g/mol. The van der Waals surface area contributed by atoms with Gasteiger partial charge in [-0.15, -0.1) is 16.4 Å². The minimum atomic E-state index is 0.335. The summed E-state index contributed by atoms with van der Waals surface area (Å²) in [5.74, 6) is 0.335. The largest absolute Gasteiger partial charge is 0.379 e. The second-order valence-electron chi connectivity index (χ2n) is 6.99. The minimum Gasteiger partial charge on any atom is -0.379 e. The first-order chi connectivity index (χ1) is 12.1. The van der Waals surface area contributed by atoms with Gasteiger partial charge in [-0.05, 0) is 40.1 Å². The summed E-state index contributed by atoms with van der Waals surface area (Å²) in [6, 6.07) is 4.44. The van der Waals surface area contributed by atoms with E-state index in [1.54, 1.807) is 0 Å². The van der Waals surface area contributed by atoms with Gasteiger partial charge in [-0.3, -0.25) is 4.90 Å². The van der Waals surface area contributed by atoms with Crippen molar-refractivity contribution in [3.63, 3.8) is 0 Å². The number of nitrogens with zero attached hydrogens (tertiary/aromatic N) is 5. The fraction of sp³-hybridized carbons (Fsp3) is 0.667. The molecule has 0 saturated heterocycles. The lowest BCUT2D eigenvalue weighted by molar-refractivity contribution is 0.0834. The first-order valence-corrected chi connectivity index (χ1v) is 9.80. The maximum atomic E-state index is 5.98. The third-order valence-electron chi connectivity index (χ3n) is 4.56. The second kappa shape index (κ2) is 8.40. The van der Waals surface area contributed by atoms with Gasteiger partial charge in [0.25, 0.3) is 0 Å². The van der Waals surface area contributed by atoms with Crippen LogP contribution in [0.5, 0.6) is 0 Å². The molecule has 0 radical (unpaired) electrons. The van der Waals surface area contributed by atoms with E-state index in [2.05, 4.69) is 60.2 Å². The van der Waals surface area contributed by atoms with Crippen LogP contribution in [0.2, 0.25) is 0 Å². The molecule has 3 rings (SSSR count). The molecule has 0 aromatic carbocycles. The highest BCUT2D eigenvalue weighted by Crippen LogP contribution is 2.29. The number of thiophene rings is 1. The molecule has 2 aromatic heterocycles. The summed E-state index contributed by atoms with van der Waals surface area (Å²) in [5, 5.41) is 8.79. The normalized spacial score (nSPS) is 18.0. The number of aromatic nitrogens is 3. The van der Waals surface area contributed by atoms with E-state index in [9.17, 15) is 0 Å². The standard InChI is InChI=1S/C18H29N5OS/c1-5-23-18-15(13-24-9-8-21(3)4)10-22(12-17(18)19-20-23)11-16-7-6-14(2)25-16/h6-7,15H,5,8-13H2,1-4H3/t15-/m1/s1. The van der Waals surface area contributed by atoms with Crippen LogP contribution in [0, 0.1) is 6.92 Å². The van der Waals surface area contributed by atoms with Crippen molar-refractivity contribution in [2.45, 2.75) is 39.4 Å². The smallest absolute Gasteiger partial charge is 0.100 e. The minimum absolute atomic E-state index is 0.335. The molecule has 0 fully saturated rings. The first-order valence-electron chi connectivity index (χ1n) is 8.99. The van der Waals surface area contributed by atoms with Crippen LogP contribution in [-0.4, -0.2) is 65.2 Å². The number of ether oxygens (including phenoxy) is 1. The molecule has 3 heterocycles. The molecule has 25 heavy (non-hydrogen) atoms. The molecule has 138 valence electrons. The Balaban J connectivity index is 1.69. The van der Waals surface area contributed by atoms with E-state index >= 15 is 0 Å². The van der Waals surface area contributed by atoms with Gasteiger partial charge in [0.15, 0.2) is 0 Å². The summed E-state index contributed by atoms with van der Waals surface area (Å²) in [6.45, 7) is 10.4. The van der Waals surface area contributed by atoms with Gasteiger partial charge < -0.3 is 9.64 Å². The third-order valence-corrected chi connectivity index (χ3v) is 5.55. The van der Waals surface area contributed by atoms with Crippen molar-refractivity contribution >= 4 is 11.3 Å². The Morgan fingerprint density at radius 3 is 2.88 bits per heavy atom. The number of fused-ring (bicyclic) bond motifs is 1. The zero-order chi connectivity index (χ0) is 17.8. The molecule has 0 unspecified atom stereocenters. The summed E-state index contributed by atoms with van der Waals surface area (Å²) in [5.41, 5.74) is 2.38. The highest BCUT2D eigenvalue weighted by molar-refractivity contribution is 7.11. The maximum Gasteiger partial charge on any atom is 0.100 e. The number of aryl methyl sites for hydroxylation is 2. The molecule has 1 aliphatic rings. The molecule has 6 nitrogen and oxygen atoms in total. The molecule has 0 spiro atoms. The van der Waals surface area contributed by atoms with Crippen LogP contribution >= 0.6 is 11.3 Å². The van der Waals surface area contributed by atoms with Crippen molar-refractivity contribution in [3.8, 4) is 0 Å². The molecule has 0 aliphatic carbocycles. The van der Waals surface area contributed by atoms with E-state index < -0.39 is 0 Å². The van der Waals surface area contributed by atoms with Crippen molar-refractivity contribution < 1.29 is 4.74 Å². The monoisotopic (exact) mass is 363 g/mol. The van der Waals surface area contributed by atoms with Gasteiger partial charge in [-0.25, -0.2) is 4.68 Å². The van der Waals surface area contributed by atoms with Gasteiger partial charge in [0.1, 0.15) is 5.69 Å². The highest BCUT2D eigenvalue weighted by atomic mass is 32.1. The first kappa shape index (κ1) is 18.5. The molecule has 0 saturated carbocycles. The van der Waals surface area contributed by atoms with Gasteiger partial charge in [0.2, 0.25) is 0 Å². The van der Waals surface area contributed by atoms with Crippen LogP contribution in [0.4, 0.5) is 0 Å². The van der Waals surface area contributed by atoms with Crippen molar-refractivity contribution in [1.29, 1.82) is 0 Å². The lowest BCUT2D eigenvalue weighted by Gasteiger charge is -2.32. The predicted molar refractivity (Wildman–Crippen MR) is 101 cm³/mol. The van der Waals surface area contributed by atoms with Crippen LogP contribution in [0.1, 0.15) is 34.0 Å². The van der Waals surface area contributed by atoms with Crippen molar-refractivity contribution in [2.24, 2.45) is 0 Å². The number of likely N-dealkylation sites (N-methyl/N-ethyl adjacent to an activating group) is 1. The van der Waals surface area contributed by atoms with Crippen LogP contribution in [0.25, 0.3) is 0 Å². The Morgan fingerprint density at radius 1 is 1.36 bits per heavy atom. The van der Waals surface area contributed by atoms with E-state index in [1.807, 2.05) is 16.0 Å². The summed E-state index contributed by atoms with van der Waals surface area (Å²) in [4.78, 5) is 7.40.